The Morgan fingerprint density at radius 3 is 1.52 bits per heavy atom. The molecule has 31 heavy (non-hydrogen) atoms. The monoisotopic (exact) mass is 618 g/mol. The van der Waals surface area contributed by atoms with Crippen molar-refractivity contribution in [2.75, 3.05) is 0 Å². The van der Waals surface area contributed by atoms with Crippen molar-refractivity contribution in [2.24, 2.45) is 0 Å². The molecule has 0 bridgehead atoms. The molecule has 2 fully saturated rings. The summed E-state index contributed by atoms with van der Waals surface area (Å²) in [5.74, 6) is 0. The maximum absolute atomic E-state index is 2.79. The van der Waals surface area contributed by atoms with Crippen LogP contribution in [0.5, 0.6) is 0 Å². The first-order valence-electron chi connectivity index (χ1n) is 11.9. The molecule has 0 aromatic heterocycles. The first-order valence-corrected chi connectivity index (χ1v) is 20.2. The van der Waals surface area contributed by atoms with Gasteiger partial charge in [-0.3, -0.25) is 0 Å². The number of fused-ring (bicyclic) bond motifs is 3. The van der Waals surface area contributed by atoms with Gasteiger partial charge in [0.1, 0.15) is 0 Å². The van der Waals surface area contributed by atoms with Gasteiger partial charge in [0.15, 0.2) is 0 Å². The molecule has 0 spiro atoms. The summed E-state index contributed by atoms with van der Waals surface area (Å²) in [7, 11) is 0. The molecule has 3 heteroatoms. The maximum atomic E-state index is 2.60. The second-order valence-electron chi connectivity index (χ2n) is 9.77. The van der Waals surface area contributed by atoms with Crippen LogP contribution >= 0.6 is 0 Å². The molecular formula is C28H32Cl2Hf. The Kier molecular flexibility index (Phi) is 6.80. The second-order valence-corrected chi connectivity index (χ2v) is 26.4. The van der Waals surface area contributed by atoms with Gasteiger partial charge in [-0.1, -0.05) is 0 Å². The fraction of sp³-hybridized carbons (Fsp3) is 0.429. The molecule has 162 valence electrons. The van der Waals surface area contributed by atoms with Crippen LogP contribution in [0.1, 0.15) is 82.0 Å². The third kappa shape index (κ3) is 3.24. The minimum atomic E-state index is -2.79. The molecule has 1 saturated carbocycles. The van der Waals surface area contributed by atoms with E-state index in [0.29, 0.717) is 0 Å². The molecule has 1 heterocycles. The summed E-state index contributed by atoms with van der Waals surface area (Å²) in [6.07, 6.45) is 13.7. The van der Waals surface area contributed by atoms with Crippen LogP contribution < -0.4 is 24.8 Å². The molecule has 1 aliphatic heterocycles. The molecule has 0 N–H and O–H groups in total. The number of hydrogen-bond donors (Lipinski definition) is 0. The number of hydrogen-bond acceptors (Lipinski definition) is 0. The van der Waals surface area contributed by atoms with Crippen molar-refractivity contribution in [3.8, 4) is 0 Å². The predicted molar refractivity (Wildman–Crippen MR) is 121 cm³/mol. The Hall–Kier alpha value is -0.630. The molecule has 4 atom stereocenters. The Morgan fingerprint density at radius 2 is 1.10 bits per heavy atom. The van der Waals surface area contributed by atoms with E-state index in [-0.39, 0.29) is 24.8 Å². The van der Waals surface area contributed by atoms with Crippen LogP contribution in [0.3, 0.4) is 0 Å². The molecule has 4 aliphatic rings. The van der Waals surface area contributed by atoms with Gasteiger partial charge in [0.25, 0.3) is 0 Å². The van der Waals surface area contributed by atoms with Crippen LogP contribution in [0.2, 0.25) is 7.35 Å². The molecule has 3 aliphatic carbocycles. The average molecular weight is 618 g/mol. The predicted octanol–water partition coefficient (Wildman–Crippen LogP) is 2.41. The second kappa shape index (κ2) is 8.96. The van der Waals surface area contributed by atoms with Crippen LogP contribution in [-0.4, -0.2) is 0 Å². The van der Waals surface area contributed by atoms with E-state index in [1.165, 1.54) is 38.5 Å². The summed E-state index contributed by atoms with van der Waals surface area (Å²) in [6, 6.07) is 18.9. The van der Waals surface area contributed by atoms with Crippen LogP contribution in [0, 0.1) is 0 Å². The van der Waals surface area contributed by atoms with E-state index in [4.69, 9.17) is 0 Å². The van der Waals surface area contributed by atoms with Gasteiger partial charge < -0.3 is 24.8 Å². The van der Waals surface area contributed by atoms with E-state index in [2.05, 4.69) is 74.5 Å². The summed E-state index contributed by atoms with van der Waals surface area (Å²) >= 11 is -2.79. The van der Waals surface area contributed by atoms with Crippen molar-refractivity contribution in [3.63, 3.8) is 0 Å². The summed E-state index contributed by atoms with van der Waals surface area (Å²) in [4.78, 5) is 0. The summed E-state index contributed by atoms with van der Waals surface area (Å²) in [5, 5.41) is 0. The number of rotatable bonds is 4. The third-order valence-corrected chi connectivity index (χ3v) is 33.7. The van der Waals surface area contributed by atoms with Gasteiger partial charge in [0, 0.05) is 0 Å². The van der Waals surface area contributed by atoms with Crippen LogP contribution in [0.25, 0.3) is 12.2 Å². The minimum absolute atomic E-state index is 0. The number of halogens is 2. The van der Waals surface area contributed by atoms with Gasteiger partial charge in [0.2, 0.25) is 0 Å². The quantitative estimate of drug-likeness (QED) is 0.463. The maximum Gasteiger partial charge on any atom is -1.00 e. The van der Waals surface area contributed by atoms with Crippen molar-refractivity contribution in [3.05, 3.63) is 81.9 Å². The van der Waals surface area contributed by atoms with Gasteiger partial charge in [-0.15, -0.1) is 0 Å². The molecule has 0 amide bonds. The van der Waals surface area contributed by atoms with Crippen molar-refractivity contribution in [1.82, 2.24) is 0 Å². The fourth-order valence-electron chi connectivity index (χ4n) is 7.81. The largest absolute Gasteiger partial charge is 1.00 e. The molecule has 4 unspecified atom stereocenters. The van der Waals surface area contributed by atoms with Crippen LogP contribution in [0.4, 0.5) is 0 Å². The molecule has 2 aromatic carbocycles. The number of benzene rings is 2. The first kappa shape index (κ1) is 23.5. The van der Waals surface area contributed by atoms with Gasteiger partial charge in [0.05, 0.1) is 0 Å². The fourth-order valence-corrected chi connectivity index (χ4v) is 43.7. The topological polar surface area (TPSA) is 0 Å². The molecular weight excluding hydrogens is 586 g/mol. The Labute approximate surface area is 204 Å². The van der Waals surface area contributed by atoms with Crippen LogP contribution in [-0.2, 0) is 20.0 Å². The van der Waals surface area contributed by atoms with E-state index in [0.717, 1.165) is 14.7 Å². The van der Waals surface area contributed by atoms with E-state index in [1.807, 2.05) is 0 Å². The summed E-state index contributed by atoms with van der Waals surface area (Å²) in [6.45, 7) is 4.83. The van der Waals surface area contributed by atoms with Gasteiger partial charge in [-0.05, 0) is 0 Å². The average Bonchev–Trinajstić information content (AvgIpc) is 3.09. The van der Waals surface area contributed by atoms with Crippen LogP contribution in [0.15, 0.2) is 59.7 Å². The molecule has 0 radical (unpaired) electrons. The third-order valence-electron chi connectivity index (χ3n) is 8.80. The smallest absolute Gasteiger partial charge is 1.00 e. The zero-order valence-corrected chi connectivity index (χ0v) is 23.7. The van der Waals surface area contributed by atoms with E-state index >= 15 is 0 Å². The zero-order valence-electron chi connectivity index (χ0n) is 18.6. The van der Waals surface area contributed by atoms with Crippen molar-refractivity contribution >= 4 is 12.2 Å². The van der Waals surface area contributed by atoms with E-state index < -0.39 is 20.0 Å². The first-order chi connectivity index (χ1) is 14.3. The SMILES string of the molecule is CCC1=Cc2ccccc2[CH]1[Hf+2]1([CH]2C(CC)=Cc3ccccc32)[CH]2CCCC[CH]21.[Cl-].[Cl-]. The van der Waals surface area contributed by atoms with Gasteiger partial charge in [-0.25, -0.2) is 0 Å². The Bertz CT molecular complexity index is 953. The minimum Gasteiger partial charge on any atom is -1.00 e. The van der Waals surface area contributed by atoms with E-state index in [9.17, 15) is 0 Å². The standard InChI is InChI=1S/2C11H11.C6H10.2ClH.Hf/c2*1-2-9-7-10-5-3-4-6-11(10)8-9;1-2-4-6-5-3-1;;;/h2*3-8H,2H2,1H3;1-2H,3-6H2;2*1H;/q;;;;;+2/p-2. The zero-order chi connectivity index (χ0) is 19.6. The molecule has 2 aromatic rings. The van der Waals surface area contributed by atoms with Gasteiger partial charge >= 0.3 is 181 Å². The molecule has 6 rings (SSSR count). The molecule has 1 saturated heterocycles. The normalized spacial score (nSPS) is 29.9. The van der Waals surface area contributed by atoms with Gasteiger partial charge in [-0.2, -0.15) is 0 Å². The summed E-state index contributed by atoms with van der Waals surface area (Å²) < 4.78 is 3.91. The van der Waals surface area contributed by atoms with Crippen molar-refractivity contribution in [2.45, 2.75) is 67.1 Å². The summed E-state index contributed by atoms with van der Waals surface area (Å²) in [5.41, 5.74) is 10.1. The van der Waals surface area contributed by atoms with E-state index in [1.54, 1.807) is 33.4 Å². The van der Waals surface area contributed by atoms with Crippen molar-refractivity contribution < 1.29 is 44.8 Å². The number of allylic oxidation sites excluding steroid dienone is 2. The Morgan fingerprint density at radius 1 is 0.677 bits per heavy atom. The molecule has 0 nitrogen and oxygen atoms in total. The van der Waals surface area contributed by atoms with Crippen molar-refractivity contribution in [1.29, 1.82) is 0 Å². The Balaban J connectivity index is 0.00000116.